The number of aromatic nitrogens is 2. The van der Waals surface area contributed by atoms with Crippen molar-refractivity contribution in [2.45, 2.75) is 77.6 Å². The Hall–Kier alpha value is -1.12. The summed E-state index contributed by atoms with van der Waals surface area (Å²) >= 11 is 0. The fraction of sp³-hybridized carbons (Fsp3) is 0.750. The van der Waals surface area contributed by atoms with Crippen LogP contribution in [0.1, 0.15) is 83.2 Å². The molecule has 1 heterocycles. The third kappa shape index (κ3) is 6.04. The highest BCUT2D eigenvalue weighted by atomic mass is 14.9. The average Bonchev–Trinajstić information content (AvgIpc) is 2.42. The third-order valence-electron chi connectivity index (χ3n) is 3.71. The zero-order chi connectivity index (χ0) is 13.9. The lowest BCUT2D eigenvalue weighted by atomic mass is 9.91. The Labute approximate surface area is 118 Å². The van der Waals surface area contributed by atoms with Crippen molar-refractivity contribution in [3.8, 4) is 0 Å². The molecule has 0 amide bonds. The first-order chi connectivity index (χ1) is 9.29. The first-order valence-corrected chi connectivity index (χ1v) is 7.86. The molecule has 0 saturated heterocycles. The SMILES string of the molecule is CCCCCCC(CCCCC)c1nccnc1N. The number of nitrogens with zero attached hydrogens (tertiary/aromatic N) is 2. The van der Waals surface area contributed by atoms with Crippen LogP contribution in [0.5, 0.6) is 0 Å². The molecule has 0 aliphatic rings. The second kappa shape index (κ2) is 9.76. The molecule has 0 spiro atoms. The molecule has 1 aromatic rings. The lowest BCUT2D eigenvalue weighted by Crippen LogP contribution is -2.07. The molecule has 1 rings (SSSR count). The van der Waals surface area contributed by atoms with E-state index in [-0.39, 0.29) is 0 Å². The van der Waals surface area contributed by atoms with Gasteiger partial charge < -0.3 is 5.73 Å². The van der Waals surface area contributed by atoms with Gasteiger partial charge in [-0.25, -0.2) is 4.98 Å². The number of hydrogen-bond acceptors (Lipinski definition) is 3. The summed E-state index contributed by atoms with van der Waals surface area (Å²) < 4.78 is 0. The van der Waals surface area contributed by atoms with E-state index in [1.165, 1.54) is 57.8 Å². The molecule has 0 saturated carbocycles. The molecule has 0 aromatic carbocycles. The van der Waals surface area contributed by atoms with Crippen LogP contribution in [0.4, 0.5) is 5.82 Å². The van der Waals surface area contributed by atoms with Gasteiger partial charge in [-0.1, -0.05) is 58.8 Å². The van der Waals surface area contributed by atoms with Gasteiger partial charge in [0.15, 0.2) is 0 Å². The molecule has 1 aromatic heterocycles. The Kier molecular flexibility index (Phi) is 8.19. The van der Waals surface area contributed by atoms with Crippen LogP contribution in [0.3, 0.4) is 0 Å². The van der Waals surface area contributed by atoms with E-state index in [2.05, 4.69) is 23.8 Å². The topological polar surface area (TPSA) is 51.8 Å². The van der Waals surface area contributed by atoms with Crippen LogP contribution in [0.25, 0.3) is 0 Å². The van der Waals surface area contributed by atoms with Crippen molar-refractivity contribution in [2.75, 3.05) is 5.73 Å². The molecule has 1 atom stereocenters. The first-order valence-electron chi connectivity index (χ1n) is 7.86. The van der Waals surface area contributed by atoms with Crippen LogP contribution in [-0.4, -0.2) is 9.97 Å². The van der Waals surface area contributed by atoms with Crippen LogP contribution in [0.2, 0.25) is 0 Å². The van der Waals surface area contributed by atoms with E-state index in [0.29, 0.717) is 11.7 Å². The maximum Gasteiger partial charge on any atom is 0.145 e. The van der Waals surface area contributed by atoms with Gasteiger partial charge in [0.2, 0.25) is 0 Å². The van der Waals surface area contributed by atoms with Crippen molar-refractivity contribution in [2.24, 2.45) is 0 Å². The Morgan fingerprint density at radius 2 is 1.47 bits per heavy atom. The predicted molar refractivity (Wildman–Crippen MR) is 82.1 cm³/mol. The summed E-state index contributed by atoms with van der Waals surface area (Å²) in [5.74, 6) is 1.12. The van der Waals surface area contributed by atoms with Crippen molar-refractivity contribution in [1.29, 1.82) is 0 Å². The van der Waals surface area contributed by atoms with Crippen LogP contribution in [0, 0.1) is 0 Å². The standard InChI is InChI=1S/C16H29N3/c1-3-5-7-9-11-14(10-8-6-4-2)15-16(17)19-13-12-18-15/h12-14H,3-11H2,1-2H3,(H2,17,19). The molecule has 1 unspecified atom stereocenters. The fourth-order valence-electron chi connectivity index (χ4n) is 2.55. The second-order valence-electron chi connectivity index (χ2n) is 5.37. The Morgan fingerprint density at radius 1 is 0.895 bits per heavy atom. The minimum Gasteiger partial charge on any atom is -0.382 e. The van der Waals surface area contributed by atoms with Gasteiger partial charge in [-0.2, -0.15) is 0 Å². The number of hydrogen-bond donors (Lipinski definition) is 1. The highest BCUT2D eigenvalue weighted by Gasteiger charge is 2.15. The average molecular weight is 263 g/mol. The Balaban J connectivity index is 2.55. The normalized spacial score (nSPS) is 12.5. The molecule has 3 heteroatoms. The Morgan fingerprint density at radius 3 is 2.11 bits per heavy atom. The predicted octanol–water partition coefficient (Wildman–Crippen LogP) is 4.69. The van der Waals surface area contributed by atoms with Crippen molar-refractivity contribution in [1.82, 2.24) is 9.97 Å². The summed E-state index contributed by atoms with van der Waals surface area (Å²) in [7, 11) is 0. The quantitative estimate of drug-likeness (QED) is 0.623. The van der Waals surface area contributed by atoms with Crippen LogP contribution < -0.4 is 5.73 Å². The van der Waals surface area contributed by atoms with Crippen molar-refractivity contribution in [3.05, 3.63) is 18.1 Å². The lowest BCUT2D eigenvalue weighted by molar-refractivity contribution is 0.493. The van der Waals surface area contributed by atoms with E-state index in [9.17, 15) is 0 Å². The second-order valence-corrected chi connectivity index (χ2v) is 5.37. The molecule has 0 aliphatic carbocycles. The molecule has 0 aliphatic heterocycles. The molecule has 19 heavy (non-hydrogen) atoms. The summed E-state index contributed by atoms with van der Waals surface area (Å²) in [5.41, 5.74) is 7.01. The maximum absolute atomic E-state index is 5.98. The molecule has 2 N–H and O–H groups in total. The molecule has 0 fully saturated rings. The van der Waals surface area contributed by atoms with E-state index in [1.54, 1.807) is 12.4 Å². The molecule has 108 valence electrons. The fourth-order valence-corrected chi connectivity index (χ4v) is 2.55. The van der Waals surface area contributed by atoms with E-state index in [1.807, 2.05) is 0 Å². The molecule has 0 radical (unpaired) electrons. The van der Waals surface area contributed by atoms with E-state index in [0.717, 1.165) is 5.69 Å². The first kappa shape index (κ1) is 15.9. The summed E-state index contributed by atoms with van der Waals surface area (Å²) in [6.45, 7) is 4.49. The lowest BCUT2D eigenvalue weighted by Gasteiger charge is -2.17. The number of unbranched alkanes of at least 4 members (excludes halogenated alkanes) is 5. The van der Waals surface area contributed by atoms with Gasteiger partial charge in [0.25, 0.3) is 0 Å². The molecule has 0 bridgehead atoms. The largest absolute Gasteiger partial charge is 0.382 e. The minimum absolute atomic E-state index is 0.497. The van der Waals surface area contributed by atoms with Crippen LogP contribution in [0.15, 0.2) is 12.4 Å². The molecular formula is C16H29N3. The highest BCUT2D eigenvalue weighted by Crippen LogP contribution is 2.29. The summed E-state index contributed by atoms with van der Waals surface area (Å²) in [5, 5.41) is 0. The van der Waals surface area contributed by atoms with E-state index < -0.39 is 0 Å². The van der Waals surface area contributed by atoms with Crippen molar-refractivity contribution in [3.63, 3.8) is 0 Å². The van der Waals surface area contributed by atoms with Gasteiger partial charge in [0, 0.05) is 18.3 Å². The molecular weight excluding hydrogens is 234 g/mol. The summed E-state index contributed by atoms with van der Waals surface area (Å²) in [6.07, 6.45) is 14.9. The van der Waals surface area contributed by atoms with Gasteiger partial charge in [0.05, 0.1) is 5.69 Å². The monoisotopic (exact) mass is 263 g/mol. The maximum atomic E-state index is 5.98. The zero-order valence-corrected chi connectivity index (χ0v) is 12.6. The summed E-state index contributed by atoms with van der Waals surface area (Å²) in [6, 6.07) is 0. The number of nitrogen functional groups attached to an aromatic ring is 1. The third-order valence-corrected chi connectivity index (χ3v) is 3.71. The van der Waals surface area contributed by atoms with Gasteiger partial charge in [0.1, 0.15) is 5.82 Å². The smallest absolute Gasteiger partial charge is 0.145 e. The van der Waals surface area contributed by atoms with Gasteiger partial charge in [-0.3, -0.25) is 4.98 Å². The van der Waals surface area contributed by atoms with Gasteiger partial charge in [-0.05, 0) is 12.8 Å². The number of anilines is 1. The van der Waals surface area contributed by atoms with Gasteiger partial charge >= 0.3 is 0 Å². The Bertz CT molecular complexity index is 339. The summed E-state index contributed by atoms with van der Waals surface area (Å²) in [4.78, 5) is 8.66. The van der Waals surface area contributed by atoms with E-state index in [4.69, 9.17) is 5.73 Å². The number of nitrogens with two attached hydrogens (primary N) is 1. The van der Waals surface area contributed by atoms with Gasteiger partial charge in [-0.15, -0.1) is 0 Å². The van der Waals surface area contributed by atoms with Crippen LogP contribution in [-0.2, 0) is 0 Å². The van der Waals surface area contributed by atoms with E-state index >= 15 is 0 Å². The number of rotatable bonds is 10. The van der Waals surface area contributed by atoms with Crippen LogP contribution >= 0.6 is 0 Å². The highest BCUT2D eigenvalue weighted by molar-refractivity contribution is 5.35. The van der Waals surface area contributed by atoms with Crippen molar-refractivity contribution < 1.29 is 0 Å². The zero-order valence-electron chi connectivity index (χ0n) is 12.6. The van der Waals surface area contributed by atoms with Crippen molar-refractivity contribution >= 4 is 5.82 Å². The molecule has 3 nitrogen and oxygen atoms in total. The minimum atomic E-state index is 0.497.